The summed E-state index contributed by atoms with van der Waals surface area (Å²) < 4.78 is 63.6. The van der Waals surface area contributed by atoms with Gasteiger partial charge in [0.2, 0.25) is 5.65 Å². The van der Waals surface area contributed by atoms with E-state index in [9.17, 15) is 13.2 Å². The number of nitrogens with one attached hydrogen (secondary N) is 4. The summed E-state index contributed by atoms with van der Waals surface area (Å²) in [6, 6.07) is 20.2. The Morgan fingerprint density at radius 3 is 2.12 bits per heavy atom. The molecule has 2 unspecified atom stereocenters. The van der Waals surface area contributed by atoms with E-state index in [2.05, 4.69) is 41.9 Å². The van der Waals surface area contributed by atoms with Crippen LogP contribution in [0.15, 0.2) is 72.8 Å². The van der Waals surface area contributed by atoms with E-state index in [-0.39, 0.29) is 39.5 Å². The summed E-state index contributed by atoms with van der Waals surface area (Å²) in [6.07, 6.45) is 8.66. The summed E-state index contributed by atoms with van der Waals surface area (Å²) in [6.45, 7) is 8.96. The number of aromatic amines is 1. The zero-order chi connectivity index (χ0) is 47.3. The van der Waals surface area contributed by atoms with Crippen LogP contribution in [0.3, 0.4) is 0 Å². The van der Waals surface area contributed by atoms with Gasteiger partial charge in [0.1, 0.15) is 18.0 Å². The number of rotatable bonds is 25. The molecule has 7 rings (SSSR count). The van der Waals surface area contributed by atoms with Gasteiger partial charge in [0.25, 0.3) is 5.91 Å². The van der Waals surface area contributed by atoms with Crippen LogP contribution in [-0.4, -0.2) is 73.7 Å². The van der Waals surface area contributed by atoms with Crippen molar-refractivity contribution in [3.05, 3.63) is 99.1 Å². The Bertz CT molecular complexity index is 2670. The molecule has 0 bridgehead atoms. The summed E-state index contributed by atoms with van der Waals surface area (Å²) in [4.78, 5) is 16.0. The van der Waals surface area contributed by atoms with Crippen molar-refractivity contribution < 1.29 is 35.8 Å². The first-order valence-electron chi connectivity index (χ1n) is 22.1. The van der Waals surface area contributed by atoms with E-state index in [0.29, 0.717) is 70.4 Å². The third-order valence-corrected chi connectivity index (χ3v) is 12.9. The lowest BCUT2D eigenvalue weighted by molar-refractivity contribution is 0.102. The second-order valence-corrected chi connectivity index (χ2v) is 18.5. The molecule has 0 radical (unpaired) electrons. The molecule has 4 N–H and O–H groups in total. The van der Waals surface area contributed by atoms with Gasteiger partial charge in [0.05, 0.1) is 40.3 Å². The van der Waals surface area contributed by atoms with Gasteiger partial charge in [-0.25, -0.2) is 4.52 Å². The van der Waals surface area contributed by atoms with Gasteiger partial charge >= 0.3 is 22.5 Å². The average Bonchev–Trinajstić information content (AvgIpc) is 4.06. The second kappa shape index (κ2) is 24.2. The number of ether oxygens (including phenoxy) is 3. The van der Waals surface area contributed by atoms with Crippen LogP contribution in [0.5, 0.6) is 23.0 Å². The number of unbranched alkanes of at least 4 members (excludes halogenated alkanes) is 5. The van der Waals surface area contributed by atoms with Gasteiger partial charge in [0, 0.05) is 36.3 Å². The van der Waals surface area contributed by atoms with Crippen LogP contribution in [0.2, 0.25) is 15.1 Å². The highest BCUT2D eigenvalue weighted by Crippen LogP contribution is 2.37. The minimum absolute atomic E-state index is 0.0889. The Kier molecular flexibility index (Phi) is 17.9. The van der Waals surface area contributed by atoms with Crippen molar-refractivity contribution in [3.63, 3.8) is 0 Å². The molecule has 358 valence electrons. The van der Waals surface area contributed by atoms with Crippen molar-refractivity contribution in [2.24, 2.45) is 0 Å². The Hall–Kier alpha value is -5.24. The molecular weight excluding hydrogens is 963 g/mol. The molecule has 1 saturated heterocycles. The number of aryl methyl sites for hydroxylation is 1. The number of halogens is 3. The van der Waals surface area contributed by atoms with E-state index < -0.39 is 28.4 Å². The monoisotopic (exact) mass is 1010 g/mol. The molecule has 1 fully saturated rings. The Labute approximate surface area is 409 Å². The lowest BCUT2D eigenvalue weighted by Crippen LogP contribution is -2.22. The number of nitrogens with zero attached hydrogens (tertiary/aromatic N) is 4. The van der Waals surface area contributed by atoms with Crippen molar-refractivity contribution in [3.8, 4) is 34.4 Å². The molecule has 21 heteroatoms. The molecule has 67 heavy (non-hydrogen) atoms. The number of anilines is 4. The average molecular weight is 1020 g/mol. The van der Waals surface area contributed by atoms with Crippen LogP contribution in [0.25, 0.3) is 17.0 Å². The number of fused-ring (bicyclic) bond motifs is 1. The lowest BCUT2D eigenvalue weighted by Gasteiger charge is -2.17. The summed E-state index contributed by atoms with van der Waals surface area (Å²) in [5.41, 5.74) is 3.73. The maximum atomic E-state index is 13.9. The van der Waals surface area contributed by atoms with Gasteiger partial charge < -0.3 is 32.8 Å². The minimum Gasteiger partial charge on any atom is -0.490 e. The molecule has 1 amide bonds. The fourth-order valence-corrected chi connectivity index (χ4v) is 9.56. The maximum absolute atomic E-state index is 13.9. The Morgan fingerprint density at radius 1 is 0.746 bits per heavy atom. The first kappa shape index (κ1) is 49.7. The van der Waals surface area contributed by atoms with E-state index in [0.717, 1.165) is 50.8 Å². The predicted molar refractivity (Wildman–Crippen MR) is 267 cm³/mol. The third-order valence-electron chi connectivity index (χ3n) is 10.6. The highest BCUT2D eigenvalue weighted by atomic mass is 35.5. The lowest BCUT2D eigenvalue weighted by atomic mass is 10.1. The predicted octanol–water partition coefficient (Wildman–Crippen LogP) is 11.1. The van der Waals surface area contributed by atoms with Crippen LogP contribution in [0, 0.1) is 6.92 Å². The van der Waals surface area contributed by atoms with E-state index in [1.165, 1.54) is 37.5 Å². The molecule has 2 atom stereocenters. The SMILES string of the molecule is CCCCCCCCOc1ccc(C)cc1OS(=O)Nc1ccc(OCCOCC)c(OS(=O)Nc2cccc(-c3nnc4c(N5CCCC5)c(C(=O)Nc5c(Cl)cc(Cl)cc5Cl)[nH]n34)c2)c1. The summed E-state index contributed by atoms with van der Waals surface area (Å²) in [7, 11) is 0. The second-order valence-electron chi connectivity index (χ2n) is 15.6. The summed E-state index contributed by atoms with van der Waals surface area (Å²) in [5.74, 6) is 1.09. The first-order valence-corrected chi connectivity index (χ1v) is 25.4. The maximum Gasteiger partial charge on any atom is 0.316 e. The molecule has 4 aromatic carbocycles. The molecule has 3 heterocycles. The minimum atomic E-state index is -2.17. The van der Waals surface area contributed by atoms with Crippen molar-refractivity contribution in [1.82, 2.24) is 19.8 Å². The van der Waals surface area contributed by atoms with Crippen molar-refractivity contribution >= 4 is 91.6 Å². The van der Waals surface area contributed by atoms with Crippen LogP contribution < -0.4 is 37.5 Å². The Morgan fingerprint density at radius 2 is 1.40 bits per heavy atom. The van der Waals surface area contributed by atoms with Gasteiger partial charge in [0.15, 0.2) is 28.8 Å². The number of carbonyl (C=O) groups is 1. The van der Waals surface area contributed by atoms with Gasteiger partial charge in [-0.1, -0.05) is 92.0 Å². The van der Waals surface area contributed by atoms with Crippen molar-refractivity contribution in [2.75, 3.05) is 59.2 Å². The highest BCUT2D eigenvalue weighted by molar-refractivity contribution is 7.82. The molecule has 0 saturated carbocycles. The number of aromatic nitrogens is 4. The van der Waals surface area contributed by atoms with Gasteiger partial charge in [-0.2, -0.15) is 8.42 Å². The number of hydrogen-bond acceptors (Lipinski definition) is 11. The normalized spacial score (nSPS) is 13.4. The molecule has 16 nitrogen and oxygen atoms in total. The van der Waals surface area contributed by atoms with Crippen LogP contribution in [0.4, 0.5) is 22.7 Å². The van der Waals surface area contributed by atoms with Gasteiger partial charge in [-0.3, -0.25) is 19.3 Å². The largest absolute Gasteiger partial charge is 0.490 e. The molecule has 0 aliphatic carbocycles. The fourth-order valence-electron chi connectivity index (χ4n) is 7.34. The van der Waals surface area contributed by atoms with E-state index in [1.807, 2.05) is 26.0 Å². The number of benzene rings is 4. The van der Waals surface area contributed by atoms with Gasteiger partial charge in [-0.15, -0.1) is 10.2 Å². The highest BCUT2D eigenvalue weighted by Gasteiger charge is 2.29. The van der Waals surface area contributed by atoms with Crippen LogP contribution in [0.1, 0.15) is 81.3 Å². The van der Waals surface area contributed by atoms with Gasteiger partial charge in [-0.05, 0) is 87.2 Å². The number of hydrogen-bond donors (Lipinski definition) is 4. The van der Waals surface area contributed by atoms with Crippen molar-refractivity contribution in [2.45, 2.75) is 72.1 Å². The van der Waals surface area contributed by atoms with E-state index in [1.54, 1.807) is 47.0 Å². The summed E-state index contributed by atoms with van der Waals surface area (Å²) >= 11 is 14.7. The van der Waals surface area contributed by atoms with Crippen LogP contribution >= 0.6 is 34.8 Å². The molecule has 6 aromatic rings. The Balaban J connectivity index is 1.06. The molecule has 1 aliphatic rings. The van der Waals surface area contributed by atoms with E-state index in [4.69, 9.17) is 57.4 Å². The quantitative estimate of drug-likeness (QED) is 0.0400. The summed E-state index contributed by atoms with van der Waals surface area (Å²) in [5, 5.41) is 15.7. The number of H-pyrrole nitrogens is 1. The van der Waals surface area contributed by atoms with E-state index >= 15 is 0 Å². The molecule has 2 aromatic heterocycles. The molecule has 0 spiro atoms. The molecule has 1 aliphatic heterocycles. The first-order chi connectivity index (χ1) is 32.5. The van der Waals surface area contributed by atoms with Crippen molar-refractivity contribution in [1.29, 1.82) is 0 Å². The number of carbonyl (C=O) groups excluding carboxylic acids is 1. The molecular formula is C46H53Cl3N8O8S2. The standard InChI is InChI=1S/C46H53Cl3N8O8S2/c1-4-6-7-8-9-12-22-62-37-18-16-30(3)25-39(37)64-67(60)55-34-17-19-38(63-24-23-61-5-2)40(29-34)65-66(59)54-33-15-13-14-31(26-33)44-51-52-45-43(56-20-10-11-21-56)42(53-57(44)45)46(58)50-41-35(48)27-32(47)28-36(41)49/h13-19,25-29,53-55H,4-12,20-24H2,1-3H3,(H,50,58). The zero-order valence-electron chi connectivity index (χ0n) is 37.3. The zero-order valence-corrected chi connectivity index (χ0v) is 41.2. The third kappa shape index (κ3) is 13.3. The van der Waals surface area contributed by atoms with Crippen LogP contribution in [-0.2, 0) is 27.3 Å². The topological polar surface area (TPSA) is 183 Å². The smallest absolute Gasteiger partial charge is 0.316 e. The fraction of sp³-hybridized carbons (Fsp3) is 0.370. The number of amides is 1.